The van der Waals surface area contributed by atoms with Gasteiger partial charge in [-0.05, 0) is 43.5 Å². The van der Waals surface area contributed by atoms with Gasteiger partial charge in [-0.3, -0.25) is 9.69 Å². The van der Waals surface area contributed by atoms with Crippen molar-refractivity contribution < 1.29 is 4.79 Å². The number of anilines is 1. The maximum absolute atomic E-state index is 11.9. The summed E-state index contributed by atoms with van der Waals surface area (Å²) in [5, 5.41) is 3.03. The summed E-state index contributed by atoms with van der Waals surface area (Å²) >= 11 is 0. The molecular weight excluding hydrogens is 262 g/mol. The first-order chi connectivity index (χ1) is 10.2. The molecule has 0 bridgehead atoms. The van der Waals surface area contributed by atoms with Crippen molar-refractivity contribution in [1.29, 1.82) is 0 Å². The van der Waals surface area contributed by atoms with Crippen molar-refractivity contribution in [3.63, 3.8) is 0 Å². The van der Waals surface area contributed by atoms with Crippen LogP contribution in [0.15, 0.2) is 24.3 Å². The Morgan fingerprint density at radius 1 is 1.33 bits per heavy atom. The Balaban J connectivity index is 1.70. The highest BCUT2D eigenvalue weighted by Gasteiger charge is 2.20. The molecule has 1 saturated heterocycles. The first-order valence-electron chi connectivity index (χ1n) is 8.04. The maximum atomic E-state index is 11.9. The molecule has 21 heavy (non-hydrogen) atoms. The van der Waals surface area contributed by atoms with Gasteiger partial charge >= 0.3 is 0 Å². The predicted molar refractivity (Wildman–Crippen MR) is 87.1 cm³/mol. The Kier molecular flexibility index (Phi) is 6.05. The third-order valence-corrected chi connectivity index (χ3v) is 4.29. The number of rotatable bonds is 6. The number of benzene rings is 1. The van der Waals surface area contributed by atoms with Crippen LogP contribution >= 0.6 is 0 Å². The van der Waals surface area contributed by atoms with Crippen LogP contribution in [-0.4, -0.2) is 36.5 Å². The van der Waals surface area contributed by atoms with E-state index >= 15 is 0 Å². The average molecular weight is 289 g/mol. The topological polar surface area (TPSA) is 58.4 Å². The second-order valence-corrected chi connectivity index (χ2v) is 5.86. The SMILES string of the molecule is CCC1CCCCN1CCNC(=O)Cc1ccc(N)cc1. The van der Waals surface area contributed by atoms with Crippen molar-refractivity contribution in [2.75, 3.05) is 25.4 Å². The Labute approximate surface area is 127 Å². The third kappa shape index (κ3) is 5.05. The molecule has 0 aromatic heterocycles. The van der Waals surface area contributed by atoms with Gasteiger partial charge in [-0.25, -0.2) is 0 Å². The monoisotopic (exact) mass is 289 g/mol. The maximum Gasteiger partial charge on any atom is 0.224 e. The molecule has 116 valence electrons. The highest BCUT2D eigenvalue weighted by molar-refractivity contribution is 5.78. The molecule has 1 aromatic carbocycles. The van der Waals surface area contributed by atoms with Crippen LogP contribution in [0.3, 0.4) is 0 Å². The molecule has 4 heteroatoms. The van der Waals surface area contributed by atoms with Gasteiger partial charge in [0.05, 0.1) is 6.42 Å². The minimum Gasteiger partial charge on any atom is -0.399 e. The van der Waals surface area contributed by atoms with E-state index in [-0.39, 0.29) is 5.91 Å². The van der Waals surface area contributed by atoms with E-state index in [0.29, 0.717) is 12.5 Å². The molecule has 0 aliphatic carbocycles. The van der Waals surface area contributed by atoms with Crippen LogP contribution in [-0.2, 0) is 11.2 Å². The van der Waals surface area contributed by atoms with Crippen LogP contribution in [0.5, 0.6) is 0 Å². The molecule has 0 saturated carbocycles. The van der Waals surface area contributed by atoms with Crippen LogP contribution in [0.25, 0.3) is 0 Å². The van der Waals surface area contributed by atoms with Crippen LogP contribution in [0, 0.1) is 0 Å². The summed E-state index contributed by atoms with van der Waals surface area (Å²) in [5.41, 5.74) is 7.38. The average Bonchev–Trinajstić information content (AvgIpc) is 2.50. The molecule has 1 heterocycles. The molecule has 1 fully saturated rings. The van der Waals surface area contributed by atoms with Crippen molar-refractivity contribution in [3.05, 3.63) is 29.8 Å². The van der Waals surface area contributed by atoms with Gasteiger partial charge in [0, 0.05) is 24.8 Å². The van der Waals surface area contributed by atoms with Gasteiger partial charge in [-0.15, -0.1) is 0 Å². The molecule has 1 atom stereocenters. The number of hydrogen-bond acceptors (Lipinski definition) is 3. The van der Waals surface area contributed by atoms with Crippen LogP contribution in [0.1, 0.15) is 38.2 Å². The summed E-state index contributed by atoms with van der Waals surface area (Å²) in [6, 6.07) is 8.19. The van der Waals surface area contributed by atoms with E-state index in [2.05, 4.69) is 17.1 Å². The van der Waals surface area contributed by atoms with Crippen molar-refractivity contribution in [2.45, 2.75) is 45.1 Å². The highest BCUT2D eigenvalue weighted by Crippen LogP contribution is 2.18. The molecule has 1 amide bonds. The lowest BCUT2D eigenvalue weighted by molar-refractivity contribution is -0.120. The number of hydrogen-bond donors (Lipinski definition) is 2. The van der Waals surface area contributed by atoms with Gasteiger partial charge in [0.2, 0.25) is 5.91 Å². The first-order valence-corrected chi connectivity index (χ1v) is 8.04. The van der Waals surface area contributed by atoms with E-state index in [0.717, 1.165) is 24.3 Å². The Hall–Kier alpha value is -1.55. The summed E-state index contributed by atoms with van der Waals surface area (Å²) in [6.07, 6.45) is 5.57. The molecule has 1 unspecified atom stereocenters. The summed E-state index contributed by atoms with van der Waals surface area (Å²) < 4.78 is 0. The predicted octanol–water partition coefficient (Wildman–Crippen LogP) is 2.19. The summed E-state index contributed by atoms with van der Waals surface area (Å²) in [7, 11) is 0. The zero-order valence-corrected chi connectivity index (χ0v) is 13.0. The molecule has 2 rings (SSSR count). The van der Waals surface area contributed by atoms with E-state index < -0.39 is 0 Å². The minimum absolute atomic E-state index is 0.0878. The summed E-state index contributed by atoms with van der Waals surface area (Å²) in [4.78, 5) is 14.5. The van der Waals surface area contributed by atoms with Crippen LogP contribution < -0.4 is 11.1 Å². The molecule has 1 aliphatic rings. The van der Waals surface area contributed by atoms with Gasteiger partial charge in [-0.1, -0.05) is 25.5 Å². The zero-order valence-electron chi connectivity index (χ0n) is 13.0. The van der Waals surface area contributed by atoms with Gasteiger partial charge in [0.25, 0.3) is 0 Å². The molecule has 1 aromatic rings. The molecule has 3 N–H and O–H groups in total. The fraction of sp³-hybridized carbons (Fsp3) is 0.588. The largest absolute Gasteiger partial charge is 0.399 e. The molecular formula is C17H27N3O. The number of nitrogens with one attached hydrogen (secondary N) is 1. The van der Waals surface area contributed by atoms with Gasteiger partial charge < -0.3 is 11.1 Å². The smallest absolute Gasteiger partial charge is 0.224 e. The number of carbonyl (C=O) groups is 1. The van der Waals surface area contributed by atoms with Gasteiger partial charge in [0.15, 0.2) is 0 Å². The highest BCUT2D eigenvalue weighted by atomic mass is 16.1. The van der Waals surface area contributed by atoms with E-state index in [4.69, 9.17) is 5.73 Å². The lowest BCUT2D eigenvalue weighted by Gasteiger charge is -2.35. The first kappa shape index (κ1) is 15.8. The number of carbonyl (C=O) groups excluding carboxylic acids is 1. The van der Waals surface area contributed by atoms with E-state index in [1.54, 1.807) is 0 Å². The van der Waals surface area contributed by atoms with E-state index in [1.165, 1.54) is 32.2 Å². The Morgan fingerprint density at radius 2 is 2.10 bits per heavy atom. The normalized spacial score (nSPS) is 19.4. The van der Waals surface area contributed by atoms with Crippen molar-refractivity contribution in [1.82, 2.24) is 10.2 Å². The number of piperidine rings is 1. The Morgan fingerprint density at radius 3 is 2.81 bits per heavy atom. The standard InChI is InChI=1S/C17H27N3O/c1-2-16-5-3-4-11-20(16)12-10-19-17(21)13-14-6-8-15(18)9-7-14/h6-9,16H,2-5,10-13,18H2,1H3,(H,19,21). The van der Waals surface area contributed by atoms with Crippen molar-refractivity contribution in [3.8, 4) is 0 Å². The summed E-state index contributed by atoms with van der Waals surface area (Å²) in [6.45, 7) is 5.13. The van der Waals surface area contributed by atoms with Gasteiger partial charge in [0.1, 0.15) is 0 Å². The van der Waals surface area contributed by atoms with Gasteiger partial charge in [-0.2, -0.15) is 0 Å². The van der Waals surface area contributed by atoms with E-state index in [1.807, 2.05) is 24.3 Å². The Bertz CT molecular complexity index is 444. The second kappa shape index (κ2) is 8.03. The number of likely N-dealkylation sites (tertiary alicyclic amines) is 1. The van der Waals surface area contributed by atoms with Crippen LogP contribution in [0.4, 0.5) is 5.69 Å². The lowest BCUT2D eigenvalue weighted by atomic mass is 10.0. The molecule has 0 spiro atoms. The number of nitrogens with zero attached hydrogens (tertiary/aromatic N) is 1. The molecule has 4 nitrogen and oxygen atoms in total. The van der Waals surface area contributed by atoms with Crippen molar-refractivity contribution in [2.24, 2.45) is 0 Å². The fourth-order valence-electron chi connectivity index (χ4n) is 3.04. The fourth-order valence-corrected chi connectivity index (χ4v) is 3.04. The summed E-state index contributed by atoms with van der Waals surface area (Å²) in [5.74, 6) is 0.0878. The minimum atomic E-state index is 0.0878. The third-order valence-electron chi connectivity index (χ3n) is 4.29. The number of nitrogen functional groups attached to an aromatic ring is 1. The number of nitrogens with two attached hydrogens (primary N) is 1. The zero-order chi connectivity index (χ0) is 15.1. The lowest BCUT2D eigenvalue weighted by Crippen LogP contribution is -2.43. The molecule has 1 aliphatic heterocycles. The van der Waals surface area contributed by atoms with Crippen LogP contribution in [0.2, 0.25) is 0 Å². The number of amides is 1. The van der Waals surface area contributed by atoms with Crippen molar-refractivity contribution >= 4 is 11.6 Å². The van der Waals surface area contributed by atoms with E-state index in [9.17, 15) is 4.79 Å². The quantitative estimate of drug-likeness (QED) is 0.789. The molecule has 0 radical (unpaired) electrons. The second-order valence-electron chi connectivity index (χ2n) is 5.86.